The molecule has 0 saturated heterocycles. The summed E-state index contributed by atoms with van der Waals surface area (Å²) in [5.74, 6) is 1.66. The number of thiazole rings is 1. The first-order valence-corrected chi connectivity index (χ1v) is 10.6. The Morgan fingerprint density at radius 2 is 1.97 bits per heavy atom. The summed E-state index contributed by atoms with van der Waals surface area (Å²) in [6.45, 7) is 11.9. The number of guanidine groups is 1. The van der Waals surface area contributed by atoms with Crippen LogP contribution in [-0.2, 0) is 6.54 Å². The summed E-state index contributed by atoms with van der Waals surface area (Å²) < 4.78 is 5.42. The normalized spacial score (nSPS) is 12.4. The third-order valence-corrected chi connectivity index (χ3v) is 5.97. The number of hydrogen-bond acceptors (Lipinski definition) is 5. The molecule has 0 amide bonds. The van der Waals surface area contributed by atoms with Crippen molar-refractivity contribution in [2.75, 3.05) is 33.8 Å². The van der Waals surface area contributed by atoms with Crippen molar-refractivity contribution in [1.29, 1.82) is 0 Å². The van der Waals surface area contributed by atoms with Crippen molar-refractivity contribution in [2.45, 2.75) is 40.3 Å². The maximum atomic E-state index is 5.42. The van der Waals surface area contributed by atoms with Gasteiger partial charge in [-0.25, -0.2) is 4.98 Å². The van der Waals surface area contributed by atoms with Gasteiger partial charge in [-0.1, -0.05) is 26.0 Å². The number of rotatable bonds is 9. The Kier molecular flexibility index (Phi) is 11.5. The van der Waals surface area contributed by atoms with Gasteiger partial charge in [0, 0.05) is 18.5 Å². The molecule has 0 aliphatic carbocycles. The number of nitrogens with zero attached hydrogens (tertiary/aromatic N) is 3. The highest BCUT2D eigenvalue weighted by Gasteiger charge is 2.19. The molecule has 1 atom stereocenters. The van der Waals surface area contributed by atoms with Crippen molar-refractivity contribution in [3.8, 4) is 5.75 Å². The van der Waals surface area contributed by atoms with Gasteiger partial charge in [0.1, 0.15) is 10.8 Å². The van der Waals surface area contributed by atoms with Gasteiger partial charge >= 0.3 is 0 Å². The first-order valence-electron chi connectivity index (χ1n) is 9.77. The van der Waals surface area contributed by atoms with Gasteiger partial charge in [0.25, 0.3) is 0 Å². The number of methoxy groups -OCH3 is 1. The number of halogens is 1. The molecule has 0 fully saturated rings. The molecular weight excluding hydrogens is 497 g/mol. The zero-order valence-corrected chi connectivity index (χ0v) is 21.4. The second-order valence-electron chi connectivity index (χ2n) is 6.57. The molecule has 2 aromatic rings. The highest BCUT2D eigenvalue weighted by molar-refractivity contribution is 14.0. The maximum Gasteiger partial charge on any atom is 0.191 e. The van der Waals surface area contributed by atoms with E-state index in [0.29, 0.717) is 6.54 Å². The number of ether oxygens (including phenoxy) is 1. The van der Waals surface area contributed by atoms with E-state index in [-0.39, 0.29) is 30.0 Å². The topological polar surface area (TPSA) is 61.8 Å². The molecular formula is C21H34IN5OS. The van der Waals surface area contributed by atoms with Crippen LogP contribution >= 0.6 is 35.3 Å². The Balaban J connectivity index is 0.00000420. The second-order valence-corrected chi connectivity index (χ2v) is 7.86. The van der Waals surface area contributed by atoms with E-state index in [0.717, 1.165) is 42.0 Å². The fourth-order valence-electron chi connectivity index (χ4n) is 3.16. The SMILES string of the molecule is CCN(CC)C(CNC(=NC)NCc1nc(C)c(C)s1)c1cccc(OC)c1.I. The number of aliphatic imine (C=N–C) groups is 1. The van der Waals surface area contributed by atoms with E-state index in [4.69, 9.17) is 4.74 Å². The van der Waals surface area contributed by atoms with Gasteiger partial charge in [0.05, 0.1) is 25.4 Å². The minimum atomic E-state index is 0. The number of aryl methyl sites for hydroxylation is 2. The van der Waals surface area contributed by atoms with Crippen LogP contribution in [0.4, 0.5) is 0 Å². The minimum absolute atomic E-state index is 0. The van der Waals surface area contributed by atoms with E-state index < -0.39 is 0 Å². The highest BCUT2D eigenvalue weighted by atomic mass is 127. The zero-order chi connectivity index (χ0) is 20.5. The van der Waals surface area contributed by atoms with Crippen molar-refractivity contribution < 1.29 is 4.74 Å². The molecule has 0 radical (unpaired) electrons. The highest BCUT2D eigenvalue weighted by Crippen LogP contribution is 2.23. The molecule has 1 unspecified atom stereocenters. The van der Waals surface area contributed by atoms with Crippen LogP contribution in [0.1, 0.15) is 41.0 Å². The Morgan fingerprint density at radius 3 is 2.52 bits per heavy atom. The fraction of sp³-hybridized carbons (Fsp3) is 0.524. The van der Waals surface area contributed by atoms with Crippen molar-refractivity contribution in [2.24, 2.45) is 4.99 Å². The third-order valence-electron chi connectivity index (χ3n) is 4.90. The van der Waals surface area contributed by atoms with E-state index in [1.54, 1.807) is 25.5 Å². The number of nitrogens with one attached hydrogen (secondary N) is 2. The van der Waals surface area contributed by atoms with Crippen LogP contribution in [0, 0.1) is 13.8 Å². The number of hydrogen-bond donors (Lipinski definition) is 2. The van der Waals surface area contributed by atoms with Crippen LogP contribution in [0.5, 0.6) is 5.75 Å². The Hall–Kier alpha value is -1.39. The van der Waals surface area contributed by atoms with Gasteiger partial charge in [-0.2, -0.15) is 0 Å². The molecule has 0 spiro atoms. The van der Waals surface area contributed by atoms with Crippen LogP contribution in [-0.4, -0.2) is 49.6 Å². The monoisotopic (exact) mass is 531 g/mol. The van der Waals surface area contributed by atoms with Crippen LogP contribution in [0.2, 0.25) is 0 Å². The molecule has 0 aliphatic heterocycles. The van der Waals surface area contributed by atoms with Gasteiger partial charge in [-0.3, -0.25) is 9.89 Å². The second kappa shape index (κ2) is 13.0. The summed E-state index contributed by atoms with van der Waals surface area (Å²) >= 11 is 1.73. The molecule has 1 aromatic heterocycles. The lowest BCUT2D eigenvalue weighted by Gasteiger charge is -2.31. The maximum absolute atomic E-state index is 5.42. The molecule has 1 heterocycles. The van der Waals surface area contributed by atoms with Crippen molar-refractivity contribution >= 4 is 41.3 Å². The van der Waals surface area contributed by atoms with E-state index in [2.05, 4.69) is 58.4 Å². The van der Waals surface area contributed by atoms with Crippen molar-refractivity contribution in [3.05, 3.63) is 45.4 Å². The Bertz CT molecular complexity index is 757. The predicted octanol–water partition coefficient (Wildman–Crippen LogP) is 4.13. The number of benzene rings is 1. The summed E-state index contributed by atoms with van der Waals surface area (Å²) in [6, 6.07) is 8.53. The smallest absolute Gasteiger partial charge is 0.191 e. The molecule has 6 nitrogen and oxygen atoms in total. The van der Waals surface area contributed by atoms with Gasteiger partial charge < -0.3 is 15.4 Å². The third kappa shape index (κ3) is 7.42. The summed E-state index contributed by atoms with van der Waals surface area (Å²) in [5, 5.41) is 7.93. The molecule has 0 aliphatic rings. The van der Waals surface area contributed by atoms with Gasteiger partial charge in [-0.05, 0) is 44.6 Å². The molecule has 29 heavy (non-hydrogen) atoms. The quantitative estimate of drug-likeness (QED) is 0.290. The summed E-state index contributed by atoms with van der Waals surface area (Å²) in [6.07, 6.45) is 0. The lowest BCUT2D eigenvalue weighted by molar-refractivity contribution is 0.218. The Morgan fingerprint density at radius 1 is 1.24 bits per heavy atom. The lowest BCUT2D eigenvalue weighted by atomic mass is 10.0. The molecule has 1 aromatic carbocycles. The summed E-state index contributed by atoms with van der Waals surface area (Å²) in [4.78, 5) is 12.7. The average Bonchev–Trinajstić information content (AvgIpc) is 3.04. The van der Waals surface area contributed by atoms with Crippen LogP contribution < -0.4 is 15.4 Å². The molecule has 2 N–H and O–H groups in total. The molecule has 0 saturated carbocycles. The molecule has 0 bridgehead atoms. The van der Waals surface area contributed by atoms with E-state index >= 15 is 0 Å². The van der Waals surface area contributed by atoms with E-state index in [1.807, 2.05) is 19.1 Å². The van der Waals surface area contributed by atoms with Gasteiger partial charge in [-0.15, -0.1) is 35.3 Å². The minimum Gasteiger partial charge on any atom is -0.497 e. The van der Waals surface area contributed by atoms with E-state index in [1.165, 1.54) is 10.4 Å². The first kappa shape index (κ1) is 25.6. The number of aromatic nitrogens is 1. The Labute approximate surface area is 196 Å². The summed E-state index contributed by atoms with van der Waals surface area (Å²) in [5.41, 5.74) is 2.33. The van der Waals surface area contributed by atoms with Crippen LogP contribution in [0.3, 0.4) is 0 Å². The molecule has 162 valence electrons. The average molecular weight is 532 g/mol. The number of likely N-dealkylation sites (N-methyl/N-ethyl adjacent to an activating group) is 1. The predicted molar refractivity (Wildman–Crippen MR) is 134 cm³/mol. The zero-order valence-electron chi connectivity index (χ0n) is 18.3. The lowest BCUT2D eigenvalue weighted by Crippen LogP contribution is -2.43. The van der Waals surface area contributed by atoms with E-state index in [9.17, 15) is 0 Å². The standard InChI is InChI=1S/C21H33N5OS.HI/c1-7-26(8-2)19(17-10-9-11-18(12-17)27-6)13-23-21(22-5)24-14-20-25-15(3)16(4)28-20;/h9-12,19H,7-8,13-14H2,1-6H3,(H2,22,23,24);1H. The first-order chi connectivity index (χ1) is 13.5. The summed E-state index contributed by atoms with van der Waals surface area (Å²) in [7, 11) is 3.50. The van der Waals surface area contributed by atoms with Gasteiger partial charge in [0.15, 0.2) is 5.96 Å². The molecule has 2 rings (SSSR count). The molecule has 8 heteroatoms. The largest absolute Gasteiger partial charge is 0.497 e. The van der Waals surface area contributed by atoms with Crippen LogP contribution in [0.25, 0.3) is 0 Å². The van der Waals surface area contributed by atoms with Gasteiger partial charge in [0.2, 0.25) is 0 Å². The van der Waals surface area contributed by atoms with Crippen LogP contribution in [0.15, 0.2) is 29.3 Å². The fourth-order valence-corrected chi connectivity index (χ4v) is 4.03. The van der Waals surface area contributed by atoms with Crippen molar-refractivity contribution in [3.63, 3.8) is 0 Å². The van der Waals surface area contributed by atoms with Crippen molar-refractivity contribution in [1.82, 2.24) is 20.5 Å².